The van der Waals surface area contributed by atoms with Crippen molar-refractivity contribution in [3.8, 4) is 39.0 Å². The highest BCUT2D eigenvalue weighted by Crippen LogP contribution is 2.40. The van der Waals surface area contributed by atoms with Crippen molar-refractivity contribution in [1.29, 1.82) is 0 Å². The zero-order valence-corrected chi connectivity index (χ0v) is 30.5. The molecule has 0 radical (unpaired) electrons. The van der Waals surface area contributed by atoms with Crippen molar-refractivity contribution >= 4 is 29.3 Å². The van der Waals surface area contributed by atoms with Gasteiger partial charge in [-0.15, -0.1) is 21.5 Å². The summed E-state index contributed by atoms with van der Waals surface area (Å²) in [5, 5.41) is 19.7. The highest BCUT2D eigenvalue weighted by Gasteiger charge is 2.28. The van der Waals surface area contributed by atoms with Crippen LogP contribution >= 0.6 is 11.3 Å². The number of anilines is 1. The lowest BCUT2D eigenvalue weighted by atomic mass is 10.0. The van der Waals surface area contributed by atoms with E-state index in [0.29, 0.717) is 41.5 Å². The van der Waals surface area contributed by atoms with Crippen LogP contribution in [0.15, 0.2) is 34.3 Å². The van der Waals surface area contributed by atoms with Crippen molar-refractivity contribution in [3.63, 3.8) is 0 Å². The van der Waals surface area contributed by atoms with Crippen molar-refractivity contribution in [2.45, 2.75) is 74.0 Å². The number of nitrogens with zero attached hydrogens (tertiary/aromatic N) is 6. The second-order valence-electron chi connectivity index (χ2n) is 12.7. The minimum atomic E-state index is -0.663. The van der Waals surface area contributed by atoms with Crippen LogP contribution in [0.4, 0.5) is 15.4 Å². The Balaban J connectivity index is 1.78. The molecular formula is C34H47N9O5S. The number of urea groups is 1. The minimum Gasteiger partial charge on any atom is -0.476 e. The maximum atomic E-state index is 12.6. The molecule has 0 saturated carbocycles. The van der Waals surface area contributed by atoms with Crippen molar-refractivity contribution in [1.82, 2.24) is 40.7 Å². The first kappa shape index (κ1) is 37.2. The SMILES string of the molecule is CCNC(=O)Nc1cc(-c2nc(C)cs2)c(-c2cc(-c3nnc([C@@H](NC(=O)OC(C)(C)C)C(C)C)o3)cnc2OCCN(CC)CC)cn1. The van der Waals surface area contributed by atoms with Crippen molar-refractivity contribution in [3.05, 3.63) is 41.5 Å². The summed E-state index contributed by atoms with van der Waals surface area (Å²) in [5.41, 5.74) is 2.79. The van der Waals surface area contributed by atoms with Crippen LogP contribution in [0.25, 0.3) is 33.2 Å². The Labute approximate surface area is 291 Å². The first-order valence-corrected chi connectivity index (χ1v) is 17.4. The number of likely N-dealkylation sites (N-methyl/N-ethyl adjacent to an activating group) is 1. The van der Waals surface area contributed by atoms with Gasteiger partial charge in [0.2, 0.25) is 17.7 Å². The van der Waals surface area contributed by atoms with Crippen molar-refractivity contribution < 1.29 is 23.5 Å². The summed E-state index contributed by atoms with van der Waals surface area (Å²) in [7, 11) is 0. The lowest BCUT2D eigenvalue weighted by Gasteiger charge is -2.23. The Bertz CT molecular complexity index is 1710. The number of thiazole rings is 1. The Kier molecular flexibility index (Phi) is 12.6. The summed E-state index contributed by atoms with van der Waals surface area (Å²) < 4.78 is 17.9. The van der Waals surface area contributed by atoms with E-state index < -0.39 is 17.7 Å². The van der Waals surface area contributed by atoms with Gasteiger partial charge in [-0.05, 0) is 65.8 Å². The monoisotopic (exact) mass is 693 g/mol. The van der Waals surface area contributed by atoms with Crippen LogP contribution in [0.3, 0.4) is 0 Å². The van der Waals surface area contributed by atoms with E-state index in [2.05, 4.69) is 49.9 Å². The highest BCUT2D eigenvalue weighted by molar-refractivity contribution is 7.13. The fourth-order valence-electron chi connectivity index (χ4n) is 4.83. The fourth-order valence-corrected chi connectivity index (χ4v) is 5.65. The van der Waals surface area contributed by atoms with E-state index in [1.807, 2.05) is 39.1 Å². The van der Waals surface area contributed by atoms with Crippen LogP contribution in [-0.4, -0.2) is 80.6 Å². The number of amides is 3. The van der Waals surface area contributed by atoms with Crippen LogP contribution in [0.5, 0.6) is 5.88 Å². The number of nitrogens with one attached hydrogen (secondary N) is 3. The average molecular weight is 694 g/mol. The summed E-state index contributed by atoms with van der Waals surface area (Å²) in [6.07, 6.45) is 2.71. The largest absolute Gasteiger partial charge is 0.476 e. The zero-order chi connectivity index (χ0) is 35.7. The van der Waals surface area contributed by atoms with Gasteiger partial charge in [0.05, 0.1) is 5.56 Å². The minimum absolute atomic E-state index is 0.0713. The molecule has 0 bridgehead atoms. The molecule has 0 unspecified atom stereocenters. The summed E-state index contributed by atoms with van der Waals surface area (Å²) >= 11 is 1.48. The normalized spacial score (nSPS) is 12.2. The standard InChI is InChI=1S/C34H47N9O5S/c1-10-35-32(44)39-26-16-24(31-38-21(6)19-49-31)25(18-36-26)23-15-22(17-37-29(23)46-14-13-43(11-2)12-3)28-41-42-30(47-28)27(20(4)5)40-33(45)48-34(7,8)9/h15-20,27H,10-14H2,1-9H3,(H,40,45)(H2,35,36,39,44)/t27-/m0/s1. The number of alkyl carbamates (subject to hydrolysis) is 1. The zero-order valence-electron chi connectivity index (χ0n) is 29.7. The van der Waals surface area contributed by atoms with Gasteiger partial charge in [0.25, 0.3) is 0 Å². The average Bonchev–Trinajstić information content (AvgIpc) is 3.71. The van der Waals surface area contributed by atoms with E-state index >= 15 is 0 Å². The second-order valence-corrected chi connectivity index (χ2v) is 13.5. The first-order chi connectivity index (χ1) is 23.3. The molecular weight excluding hydrogens is 646 g/mol. The summed E-state index contributed by atoms with van der Waals surface area (Å²) in [6, 6.07) is 2.71. The third-order valence-corrected chi connectivity index (χ3v) is 8.30. The summed E-state index contributed by atoms with van der Waals surface area (Å²) in [5.74, 6) is 1.13. The van der Waals surface area contributed by atoms with Crippen LogP contribution in [0.2, 0.25) is 0 Å². The number of carbonyl (C=O) groups is 2. The smallest absolute Gasteiger partial charge is 0.408 e. The summed E-state index contributed by atoms with van der Waals surface area (Å²) in [4.78, 5) is 41.2. The van der Waals surface area contributed by atoms with Crippen molar-refractivity contribution in [2.75, 3.05) is 38.1 Å². The van der Waals surface area contributed by atoms with Gasteiger partial charge < -0.3 is 29.4 Å². The van der Waals surface area contributed by atoms with E-state index in [-0.39, 0.29) is 23.7 Å². The molecule has 1 atom stereocenters. The maximum absolute atomic E-state index is 12.6. The molecule has 0 aliphatic rings. The van der Waals surface area contributed by atoms with E-state index in [1.165, 1.54) is 11.3 Å². The molecule has 0 aromatic carbocycles. The summed E-state index contributed by atoms with van der Waals surface area (Å²) in [6.45, 7) is 20.7. The lowest BCUT2D eigenvalue weighted by molar-refractivity contribution is 0.0479. The fraction of sp³-hybridized carbons (Fsp3) is 0.500. The predicted molar refractivity (Wildman–Crippen MR) is 190 cm³/mol. The number of carbonyl (C=O) groups excluding carboxylic acids is 2. The van der Waals surface area contributed by atoms with E-state index in [0.717, 1.165) is 35.9 Å². The third-order valence-electron chi connectivity index (χ3n) is 7.31. The Hall–Kier alpha value is -4.63. The molecule has 0 saturated heterocycles. The molecule has 0 aliphatic heterocycles. The Morgan fingerprint density at radius 3 is 2.41 bits per heavy atom. The molecule has 49 heavy (non-hydrogen) atoms. The number of ether oxygens (including phenoxy) is 2. The van der Waals surface area contributed by atoms with E-state index in [4.69, 9.17) is 23.9 Å². The first-order valence-electron chi connectivity index (χ1n) is 16.5. The molecule has 0 aliphatic carbocycles. The van der Waals surface area contributed by atoms with E-state index in [9.17, 15) is 9.59 Å². The Morgan fingerprint density at radius 1 is 1.02 bits per heavy atom. The number of hydrogen-bond donors (Lipinski definition) is 3. The molecule has 15 heteroatoms. The van der Waals surface area contributed by atoms with Crippen LogP contribution in [0, 0.1) is 12.8 Å². The molecule has 4 rings (SSSR count). The molecule has 14 nitrogen and oxygen atoms in total. The molecule has 264 valence electrons. The van der Waals surface area contributed by atoms with Gasteiger partial charge in [-0.25, -0.2) is 24.5 Å². The van der Waals surface area contributed by atoms with Gasteiger partial charge in [0.1, 0.15) is 29.1 Å². The topological polar surface area (TPSA) is 170 Å². The predicted octanol–water partition coefficient (Wildman–Crippen LogP) is 6.71. The molecule has 4 aromatic heterocycles. The van der Waals surface area contributed by atoms with Crippen LogP contribution < -0.4 is 20.7 Å². The molecule has 4 aromatic rings. The third kappa shape index (κ3) is 10.2. The molecule has 3 amide bonds. The number of hydrogen-bond acceptors (Lipinski definition) is 12. The van der Waals surface area contributed by atoms with Gasteiger partial charge in [0, 0.05) is 53.2 Å². The maximum Gasteiger partial charge on any atom is 0.408 e. The van der Waals surface area contributed by atoms with E-state index in [1.54, 1.807) is 39.2 Å². The van der Waals surface area contributed by atoms with Crippen LogP contribution in [0.1, 0.15) is 73.0 Å². The van der Waals surface area contributed by atoms with Gasteiger partial charge in [-0.3, -0.25) is 5.32 Å². The number of pyridine rings is 2. The number of aryl methyl sites for hydroxylation is 1. The molecule has 3 N–H and O–H groups in total. The number of rotatable bonds is 14. The van der Waals surface area contributed by atoms with Gasteiger partial charge in [0.15, 0.2) is 0 Å². The molecule has 0 spiro atoms. The molecule has 0 fully saturated rings. The van der Waals surface area contributed by atoms with Gasteiger partial charge in [-0.2, -0.15) is 0 Å². The molecule has 4 heterocycles. The van der Waals surface area contributed by atoms with Gasteiger partial charge >= 0.3 is 12.1 Å². The highest BCUT2D eigenvalue weighted by atomic mass is 32.1. The van der Waals surface area contributed by atoms with Crippen molar-refractivity contribution in [2.24, 2.45) is 5.92 Å². The second kappa shape index (κ2) is 16.7. The number of aromatic nitrogens is 5. The van der Waals surface area contributed by atoms with Crippen LogP contribution in [-0.2, 0) is 4.74 Å². The Morgan fingerprint density at radius 2 is 1.78 bits per heavy atom. The lowest BCUT2D eigenvalue weighted by Crippen LogP contribution is -2.37. The van der Waals surface area contributed by atoms with Gasteiger partial charge in [-0.1, -0.05) is 27.7 Å². The quantitative estimate of drug-likeness (QED) is 0.128.